The molecule has 1 heterocycles. The molecule has 0 aliphatic rings. The molecule has 0 aliphatic carbocycles. The molecule has 0 radical (unpaired) electrons. The van der Waals surface area contributed by atoms with E-state index in [1.807, 2.05) is 0 Å². The lowest BCUT2D eigenvalue weighted by atomic mass is 10.1. The van der Waals surface area contributed by atoms with Crippen molar-refractivity contribution in [2.45, 2.75) is 13.5 Å². The van der Waals surface area contributed by atoms with Gasteiger partial charge in [0.2, 0.25) is 0 Å². The molecule has 0 fully saturated rings. The van der Waals surface area contributed by atoms with Gasteiger partial charge in [-0.05, 0) is 31.2 Å². The molecule has 3 rings (SSSR count). The minimum absolute atomic E-state index is 0.00541. The summed E-state index contributed by atoms with van der Waals surface area (Å²) in [6.07, 6.45) is 0. The molecule has 8 nitrogen and oxygen atoms in total. The smallest absolute Gasteiger partial charge is 0.258 e. The Morgan fingerprint density at radius 2 is 1.82 bits per heavy atom. The summed E-state index contributed by atoms with van der Waals surface area (Å²) < 4.78 is 5.42. The van der Waals surface area contributed by atoms with Crippen molar-refractivity contribution < 1.29 is 14.3 Å². The van der Waals surface area contributed by atoms with Gasteiger partial charge in [-0.3, -0.25) is 14.4 Å². The molecule has 0 bridgehead atoms. The van der Waals surface area contributed by atoms with Crippen molar-refractivity contribution in [2.75, 3.05) is 24.7 Å². The second-order valence-electron chi connectivity index (χ2n) is 6.42. The number of amides is 1. The van der Waals surface area contributed by atoms with Gasteiger partial charge in [0.1, 0.15) is 28.5 Å². The second kappa shape index (κ2) is 7.40. The molecule has 9 heteroatoms. The minimum atomic E-state index is -0.729. The van der Waals surface area contributed by atoms with E-state index >= 15 is 0 Å². The second-order valence-corrected chi connectivity index (χ2v) is 6.82. The van der Waals surface area contributed by atoms with E-state index in [2.05, 4.69) is 10.6 Å². The Morgan fingerprint density at radius 1 is 1.14 bits per heavy atom. The third-order valence-corrected chi connectivity index (χ3v) is 4.47. The Balaban J connectivity index is 1.88. The molecule has 0 saturated heterocycles. The summed E-state index contributed by atoms with van der Waals surface area (Å²) in [5, 5.41) is 16.1. The van der Waals surface area contributed by atoms with Crippen LogP contribution < -0.4 is 21.5 Å². The maximum atomic E-state index is 12.2. The number of furan rings is 1. The zero-order chi connectivity index (χ0) is 20.6. The van der Waals surface area contributed by atoms with Crippen LogP contribution in [0.3, 0.4) is 0 Å². The number of hydrogen-bond acceptors (Lipinski definition) is 7. The van der Waals surface area contributed by atoms with Gasteiger partial charge in [-0.25, -0.2) is 0 Å². The SMILES string of the molecule is Cc1ccc(CNc2c(Nc3ccc(Cl)c(C(=O)N(C)C)c3O)c(=O)c2=O)o1. The van der Waals surface area contributed by atoms with E-state index in [1.54, 1.807) is 19.1 Å². The first-order valence-corrected chi connectivity index (χ1v) is 8.71. The average Bonchev–Trinajstić information content (AvgIpc) is 3.07. The minimum Gasteiger partial charge on any atom is -0.505 e. The topological polar surface area (TPSA) is 112 Å². The number of hydrogen-bond donors (Lipinski definition) is 3. The van der Waals surface area contributed by atoms with Crippen LogP contribution in [0.2, 0.25) is 5.02 Å². The van der Waals surface area contributed by atoms with E-state index in [-0.39, 0.29) is 34.2 Å². The number of nitrogens with zero attached hydrogens (tertiary/aromatic N) is 1. The van der Waals surface area contributed by atoms with Crippen LogP contribution in [-0.4, -0.2) is 30.0 Å². The quantitative estimate of drug-likeness (QED) is 0.428. The summed E-state index contributed by atoms with van der Waals surface area (Å²) in [7, 11) is 3.04. The van der Waals surface area contributed by atoms with Gasteiger partial charge in [0.05, 0.1) is 17.3 Å². The Hall–Kier alpha value is -3.26. The van der Waals surface area contributed by atoms with Crippen molar-refractivity contribution in [1.29, 1.82) is 0 Å². The lowest BCUT2D eigenvalue weighted by Gasteiger charge is -2.18. The van der Waals surface area contributed by atoms with Crippen LogP contribution in [0.4, 0.5) is 17.1 Å². The van der Waals surface area contributed by atoms with Gasteiger partial charge in [0.25, 0.3) is 16.8 Å². The van der Waals surface area contributed by atoms with Crippen LogP contribution in [0.1, 0.15) is 21.9 Å². The highest BCUT2D eigenvalue weighted by Gasteiger charge is 2.25. The summed E-state index contributed by atoms with van der Waals surface area (Å²) in [4.78, 5) is 37.4. The van der Waals surface area contributed by atoms with Crippen molar-refractivity contribution in [3.8, 4) is 5.75 Å². The maximum absolute atomic E-state index is 12.2. The van der Waals surface area contributed by atoms with Crippen LogP contribution >= 0.6 is 11.6 Å². The van der Waals surface area contributed by atoms with Gasteiger partial charge >= 0.3 is 0 Å². The summed E-state index contributed by atoms with van der Waals surface area (Å²) >= 11 is 6.03. The molecule has 1 aromatic heterocycles. The number of halogens is 1. The van der Waals surface area contributed by atoms with Crippen LogP contribution in [0, 0.1) is 6.92 Å². The molecule has 0 aliphatic heterocycles. The molecule has 0 spiro atoms. The predicted octanol–water partition coefficient (Wildman–Crippen LogP) is 2.60. The van der Waals surface area contributed by atoms with Crippen LogP contribution in [0.25, 0.3) is 0 Å². The molecule has 0 atom stereocenters. The fourth-order valence-corrected chi connectivity index (χ4v) is 2.90. The predicted molar refractivity (Wildman–Crippen MR) is 107 cm³/mol. The Labute approximate surface area is 165 Å². The van der Waals surface area contributed by atoms with E-state index in [0.717, 1.165) is 5.76 Å². The zero-order valence-corrected chi connectivity index (χ0v) is 16.2. The number of phenolic OH excluding ortho intramolecular Hbond substituents is 1. The number of benzene rings is 1. The Kier molecular flexibility index (Phi) is 5.15. The standard InChI is InChI=1S/C19H18ClN3O5/c1-9-4-5-10(28-9)8-21-14-15(18(26)17(14)25)22-12-7-6-11(20)13(16(12)24)19(27)23(2)3/h4-7,21-22,24H,8H2,1-3H3. The number of nitrogens with one attached hydrogen (secondary N) is 2. The van der Waals surface area contributed by atoms with E-state index < -0.39 is 22.5 Å². The monoisotopic (exact) mass is 403 g/mol. The van der Waals surface area contributed by atoms with Gasteiger partial charge < -0.3 is 25.1 Å². The average molecular weight is 404 g/mol. The van der Waals surface area contributed by atoms with Crippen LogP contribution in [0.15, 0.2) is 38.3 Å². The van der Waals surface area contributed by atoms with Crippen molar-refractivity contribution in [3.63, 3.8) is 0 Å². The fourth-order valence-electron chi connectivity index (χ4n) is 2.66. The Morgan fingerprint density at radius 3 is 2.43 bits per heavy atom. The molecular weight excluding hydrogens is 386 g/mol. The Bertz CT molecular complexity index is 1130. The number of anilines is 3. The van der Waals surface area contributed by atoms with E-state index in [1.165, 1.54) is 31.1 Å². The van der Waals surface area contributed by atoms with Crippen LogP contribution in [-0.2, 0) is 6.54 Å². The fraction of sp³-hybridized carbons (Fsp3) is 0.211. The number of aromatic hydroxyl groups is 1. The van der Waals surface area contributed by atoms with Crippen LogP contribution in [0.5, 0.6) is 5.75 Å². The molecule has 146 valence electrons. The lowest BCUT2D eigenvalue weighted by Crippen LogP contribution is -2.36. The normalized spacial score (nSPS) is 10.9. The number of rotatable bonds is 6. The lowest BCUT2D eigenvalue weighted by molar-refractivity contribution is 0.0825. The van der Waals surface area contributed by atoms with Gasteiger partial charge in [-0.1, -0.05) is 11.6 Å². The first-order valence-electron chi connectivity index (χ1n) is 8.33. The molecule has 28 heavy (non-hydrogen) atoms. The van der Waals surface area contributed by atoms with E-state index in [9.17, 15) is 19.5 Å². The van der Waals surface area contributed by atoms with Crippen molar-refractivity contribution in [2.24, 2.45) is 0 Å². The summed E-state index contributed by atoms with van der Waals surface area (Å²) in [5.74, 6) is 0.420. The summed E-state index contributed by atoms with van der Waals surface area (Å²) in [6.45, 7) is 2.01. The molecule has 0 saturated carbocycles. The molecule has 0 unspecified atom stereocenters. The highest BCUT2D eigenvalue weighted by atomic mass is 35.5. The van der Waals surface area contributed by atoms with Crippen molar-refractivity contribution >= 4 is 34.6 Å². The number of aryl methyl sites for hydroxylation is 1. The molecule has 1 amide bonds. The first kappa shape index (κ1) is 19.5. The van der Waals surface area contributed by atoms with Gasteiger partial charge in [0.15, 0.2) is 5.75 Å². The molecule has 3 N–H and O–H groups in total. The molecule has 2 aromatic carbocycles. The number of phenols is 1. The first-order chi connectivity index (χ1) is 13.2. The summed E-state index contributed by atoms with van der Waals surface area (Å²) in [5.41, 5.74) is -1.35. The number of carbonyl (C=O) groups is 1. The molecule has 3 aromatic rings. The van der Waals surface area contributed by atoms with Gasteiger partial charge in [-0.15, -0.1) is 0 Å². The van der Waals surface area contributed by atoms with Gasteiger partial charge in [0, 0.05) is 14.1 Å². The third kappa shape index (κ3) is 3.46. The summed E-state index contributed by atoms with van der Waals surface area (Å²) in [6, 6.07) is 6.38. The van der Waals surface area contributed by atoms with Crippen molar-refractivity contribution in [1.82, 2.24) is 4.90 Å². The maximum Gasteiger partial charge on any atom is 0.258 e. The highest BCUT2D eigenvalue weighted by molar-refractivity contribution is 6.34. The largest absolute Gasteiger partial charge is 0.505 e. The molecular formula is C19H18ClN3O5. The highest BCUT2D eigenvalue weighted by Crippen LogP contribution is 2.36. The number of carbonyl (C=O) groups excluding carboxylic acids is 1. The van der Waals surface area contributed by atoms with E-state index in [0.29, 0.717) is 5.76 Å². The zero-order valence-electron chi connectivity index (χ0n) is 15.4. The van der Waals surface area contributed by atoms with Crippen molar-refractivity contribution in [3.05, 3.63) is 66.8 Å². The third-order valence-electron chi connectivity index (χ3n) is 4.15. The van der Waals surface area contributed by atoms with E-state index in [4.69, 9.17) is 16.0 Å². The van der Waals surface area contributed by atoms with Gasteiger partial charge in [-0.2, -0.15) is 0 Å².